The summed E-state index contributed by atoms with van der Waals surface area (Å²) >= 11 is 0.596. The minimum Gasteiger partial charge on any atom is -0.477 e. The van der Waals surface area contributed by atoms with Crippen molar-refractivity contribution in [2.75, 3.05) is 0 Å². The molecule has 112 valence electrons. The molecule has 0 aliphatic carbocycles. The Balaban J connectivity index is 2.65. The number of hydrogen-bond donors (Lipinski definition) is 1. The second kappa shape index (κ2) is 6.17. The minimum absolute atomic E-state index is 0.129. The number of halogens is 2. The first-order valence-corrected chi connectivity index (χ1v) is 7.19. The molecule has 0 aliphatic rings. The molecular weight excluding hydrogens is 300 g/mol. The van der Waals surface area contributed by atoms with E-state index in [0.717, 1.165) is 18.6 Å². The van der Waals surface area contributed by atoms with Crippen molar-refractivity contribution in [2.45, 2.75) is 26.3 Å². The van der Waals surface area contributed by atoms with Crippen molar-refractivity contribution in [1.82, 2.24) is 4.57 Å². The molecule has 1 heterocycles. The van der Waals surface area contributed by atoms with Gasteiger partial charge in [-0.25, -0.2) is 13.6 Å². The lowest BCUT2D eigenvalue weighted by molar-refractivity contribution is 0.0702. The van der Waals surface area contributed by atoms with Crippen molar-refractivity contribution in [2.24, 2.45) is 0 Å². The number of nitrogens with zero attached hydrogens (tertiary/aromatic N) is 1. The van der Waals surface area contributed by atoms with E-state index in [1.165, 1.54) is 10.6 Å². The molecule has 4 nitrogen and oxygen atoms in total. The van der Waals surface area contributed by atoms with Gasteiger partial charge in [0.05, 0.1) is 5.69 Å². The number of carbonyl (C=O) groups is 1. The van der Waals surface area contributed by atoms with E-state index in [-0.39, 0.29) is 16.1 Å². The van der Waals surface area contributed by atoms with Gasteiger partial charge in [-0.15, -0.1) is 0 Å². The first kappa shape index (κ1) is 15.4. The predicted molar refractivity (Wildman–Crippen MR) is 75.8 cm³/mol. The van der Waals surface area contributed by atoms with Crippen molar-refractivity contribution < 1.29 is 18.7 Å². The lowest BCUT2D eigenvalue weighted by Gasteiger charge is -2.09. The lowest BCUT2D eigenvalue weighted by Crippen LogP contribution is -2.14. The van der Waals surface area contributed by atoms with Gasteiger partial charge in [-0.05, 0) is 24.6 Å². The lowest BCUT2D eigenvalue weighted by atomic mass is 10.1. The van der Waals surface area contributed by atoms with Crippen LogP contribution in [0.3, 0.4) is 0 Å². The summed E-state index contributed by atoms with van der Waals surface area (Å²) in [6.07, 6.45) is 1.51. The van der Waals surface area contributed by atoms with Crippen LogP contribution in [0.25, 0.3) is 11.3 Å². The van der Waals surface area contributed by atoms with Gasteiger partial charge in [0.25, 0.3) is 0 Å². The average Bonchev–Trinajstić information content (AvgIpc) is 2.77. The first-order chi connectivity index (χ1) is 9.95. The van der Waals surface area contributed by atoms with E-state index in [2.05, 4.69) is 0 Å². The number of thiazole rings is 1. The molecule has 0 unspecified atom stereocenters. The molecule has 0 atom stereocenters. The third kappa shape index (κ3) is 3.02. The van der Waals surface area contributed by atoms with Gasteiger partial charge in [-0.2, -0.15) is 0 Å². The van der Waals surface area contributed by atoms with Crippen molar-refractivity contribution >= 4 is 17.3 Å². The molecule has 1 aromatic heterocycles. The number of unbranched alkanes of at least 4 members (excludes halogenated alkanes) is 1. The maximum absolute atomic E-state index is 13.4. The van der Waals surface area contributed by atoms with Crippen LogP contribution in [0.4, 0.5) is 8.78 Å². The fraction of sp³-hybridized carbons (Fsp3) is 0.286. The number of hydrogen-bond acceptors (Lipinski definition) is 3. The van der Waals surface area contributed by atoms with Crippen LogP contribution in [0.2, 0.25) is 0 Å². The smallest absolute Gasteiger partial charge is 0.348 e. The maximum Gasteiger partial charge on any atom is 0.348 e. The zero-order chi connectivity index (χ0) is 15.6. The van der Waals surface area contributed by atoms with Crippen molar-refractivity contribution in [3.05, 3.63) is 44.4 Å². The Bertz CT molecular complexity index is 736. The fourth-order valence-corrected chi connectivity index (χ4v) is 2.88. The Morgan fingerprint density at radius 2 is 2.05 bits per heavy atom. The number of carboxylic acid groups (broad SMARTS) is 1. The third-order valence-electron chi connectivity index (χ3n) is 3.02. The minimum atomic E-state index is -1.26. The molecule has 0 aliphatic heterocycles. The summed E-state index contributed by atoms with van der Waals surface area (Å²) in [5, 5.41) is 9.20. The van der Waals surface area contributed by atoms with Gasteiger partial charge in [-0.1, -0.05) is 24.7 Å². The third-order valence-corrected chi connectivity index (χ3v) is 3.98. The van der Waals surface area contributed by atoms with Crippen molar-refractivity contribution in [3.63, 3.8) is 0 Å². The van der Waals surface area contributed by atoms with Crippen molar-refractivity contribution in [1.29, 1.82) is 0 Å². The van der Waals surface area contributed by atoms with E-state index in [4.69, 9.17) is 0 Å². The van der Waals surface area contributed by atoms with Crippen LogP contribution in [-0.4, -0.2) is 15.6 Å². The summed E-state index contributed by atoms with van der Waals surface area (Å²) in [6.45, 7) is 2.28. The summed E-state index contributed by atoms with van der Waals surface area (Å²) < 4.78 is 27.7. The van der Waals surface area contributed by atoms with Gasteiger partial charge in [0, 0.05) is 12.1 Å². The summed E-state index contributed by atoms with van der Waals surface area (Å²) in [6, 6.07) is 3.10. The van der Waals surface area contributed by atoms with Gasteiger partial charge in [-0.3, -0.25) is 9.36 Å². The van der Waals surface area contributed by atoms with Gasteiger partial charge in [0.15, 0.2) is 11.6 Å². The summed E-state index contributed by atoms with van der Waals surface area (Å²) in [7, 11) is 0. The van der Waals surface area contributed by atoms with E-state index in [0.29, 0.717) is 24.3 Å². The first-order valence-electron chi connectivity index (χ1n) is 6.38. The van der Waals surface area contributed by atoms with Gasteiger partial charge in [0.1, 0.15) is 4.88 Å². The van der Waals surface area contributed by atoms with E-state index in [1.807, 2.05) is 6.92 Å². The maximum atomic E-state index is 13.4. The van der Waals surface area contributed by atoms with Crippen LogP contribution in [0.1, 0.15) is 29.4 Å². The highest BCUT2D eigenvalue weighted by Gasteiger charge is 2.22. The molecule has 0 fully saturated rings. The topological polar surface area (TPSA) is 59.3 Å². The van der Waals surface area contributed by atoms with E-state index in [9.17, 15) is 23.5 Å². The molecule has 1 N–H and O–H groups in total. The number of aromatic nitrogens is 1. The van der Waals surface area contributed by atoms with Crippen LogP contribution >= 0.6 is 11.3 Å². The molecule has 21 heavy (non-hydrogen) atoms. The molecule has 0 radical (unpaired) electrons. The molecule has 1 aromatic carbocycles. The second-order valence-corrected chi connectivity index (χ2v) is 5.45. The monoisotopic (exact) mass is 313 g/mol. The molecule has 0 spiro atoms. The largest absolute Gasteiger partial charge is 0.477 e. The Labute approximate surface area is 123 Å². The van der Waals surface area contributed by atoms with Crippen LogP contribution < -0.4 is 4.87 Å². The normalized spacial score (nSPS) is 10.8. The number of carboxylic acids is 1. The van der Waals surface area contributed by atoms with Crippen LogP contribution in [0, 0.1) is 11.6 Å². The Hall–Kier alpha value is -2.02. The Kier molecular flexibility index (Phi) is 4.52. The Morgan fingerprint density at radius 1 is 1.33 bits per heavy atom. The van der Waals surface area contributed by atoms with Gasteiger partial charge in [0.2, 0.25) is 0 Å². The standard InChI is InChI=1S/C14H13F2NO3S/c1-2-3-6-17-11(12(13(18)19)21-14(17)20)8-4-5-9(15)10(16)7-8/h4-5,7H,2-3,6H2,1H3,(H,18,19). The fourth-order valence-electron chi connectivity index (χ4n) is 2.00. The predicted octanol–water partition coefficient (Wildman–Crippen LogP) is 3.35. The summed E-state index contributed by atoms with van der Waals surface area (Å²) in [4.78, 5) is 22.6. The molecule has 0 bridgehead atoms. The highest BCUT2D eigenvalue weighted by molar-refractivity contribution is 7.11. The second-order valence-electron chi connectivity index (χ2n) is 4.48. The van der Waals surface area contributed by atoms with E-state index in [1.54, 1.807) is 0 Å². The molecular formula is C14H13F2NO3S. The highest BCUT2D eigenvalue weighted by Crippen LogP contribution is 2.27. The molecule has 0 amide bonds. The highest BCUT2D eigenvalue weighted by atomic mass is 32.1. The average molecular weight is 313 g/mol. The van der Waals surface area contributed by atoms with Gasteiger partial charge >= 0.3 is 10.8 Å². The molecule has 2 aromatic rings. The van der Waals surface area contributed by atoms with Crippen LogP contribution in [0.5, 0.6) is 0 Å². The molecule has 0 saturated heterocycles. The number of benzene rings is 1. The Morgan fingerprint density at radius 3 is 2.62 bits per heavy atom. The van der Waals surface area contributed by atoms with Crippen LogP contribution in [0.15, 0.2) is 23.0 Å². The zero-order valence-corrected chi connectivity index (χ0v) is 12.0. The van der Waals surface area contributed by atoms with E-state index < -0.39 is 22.5 Å². The molecule has 2 rings (SSSR count). The van der Waals surface area contributed by atoms with E-state index >= 15 is 0 Å². The number of rotatable bonds is 5. The summed E-state index contributed by atoms with van der Waals surface area (Å²) in [5.74, 6) is -3.36. The summed E-state index contributed by atoms with van der Waals surface area (Å²) in [5.41, 5.74) is 0.311. The van der Waals surface area contributed by atoms with Crippen molar-refractivity contribution in [3.8, 4) is 11.3 Å². The SMILES string of the molecule is CCCCn1c(-c2ccc(F)c(F)c2)c(C(=O)O)sc1=O. The molecule has 7 heteroatoms. The molecule has 0 saturated carbocycles. The van der Waals surface area contributed by atoms with Gasteiger partial charge < -0.3 is 5.11 Å². The quantitative estimate of drug-likeness (QED) is 0.921. The van der Waals surface area contributed by atoms with Crippen LogP contribution in [-0.2, 0) is 6.54 Å². The number of aromatic carboxylic acids is 1. The zero-order valence-electron chi connectivity index (χ0n) is 11.2.